The van der Waals surface area contributed by atoms with Crippen LogP contribution < -0.4 is 0 Å². The number of thiol groups is 2. The number of rotatable bonds is 1. The molecule has 3 heteroatoms. The van der Waals surface area contributed by atoms with Gasteiger partial charge in [0.15, 0.2) is 0 Å². The van der Waals surface area contributed by atoms with Crippen molar-refractivity contribution in [1.82, 2.24) is 0 Å². The minimum atomic E-state index is -0.327. The molecule has 1 rings (SSSR count). The zero-order valence-corrected chi connectivity index (χ0v) is 6.16. The van der Waals surface area contributed by atoms with Gasteiger partial charge in [0.1, 0.15) is 6.29 Å². The lowest BCUT2D eigenvalue weighted by atomic mass is 9.85. The molecule has 8 heavy (non-hydrogen) atoms. The molecule has 0 aromatic heterocycles. The molecule has 0 bridgehead atoms. The molecule has 0 spiro atoms. The Bertz CT molecular complexity index is 107. The van der Waals surface area contributed by atoms with Gasteiger partial charge in [0, 0.05) is 5.25 Å². The van der Waals surface area contributed by atoms with Gasteiger partial charge >= 0.3 is 0 Å². The Morgan fingerprint density at radius 1 is 1.62 bits per heavy atom. The summed E-state index contributed by atoms with van der Waals surface area (Å²) in [6.07, 6.45) is 2.55. The first-order valence-corrected chi connectivity index (χ1v) is 3.49. The third kappa shape index (κ3) is 1.03. The minimum absolute atomic E-state index is 0.327. The molecule has 1 aliphatic carbocycles. The molecule has 0 heterocycles. The van der Waals surface area contributed by atoms with Crippen molar-refractivity contribution in [3.8, 4) is 0 Å². The van der Waals surface area contributed by atoms with Crippen molar-refractivity contribution in [2.24, 2.45) is 0 Å². The Balaban J connectivity index is 2.40. The second-order valence-corrected chi connectivity index (χ2v) is 3.90. The highest BCUT2D eigenvalue weighted by Gasteiger charge is 2.39. The summed E-state index contributed by atoms with van der Waals surface area (Å²) >= 11 is 8.26. The molecule has 0 aromatic rings. The lowest BCUT2D eigenvalue weighted by Crippen LogP contribution is -2.40. The van der Waals surface area contributed by atoms with Crippen LogP contribution in [0.1, 0.15) is 12.8 Å². The van der Waals surface area contributed by atoms with Crippen LogP contribution >= 0.6 is 25.3 Å². The Kier molecular flexibility index (Phi) is 1.59. The smallest absolute Gasteiger partial charge is 0.135 e. The van der Waals surface area contributed by atoms with Gasteiger partial charge in [-0.15, -0.1) is 0 Å². The van der Waals surface area contributed by atoms with Crippen LogP contribution in [-0.2, 0) is 4.79 Å². The van der Waals surface area contributed by atoms with Gasteiger partial charge in [-0.1, -0.05) is 0 Å². The van der Waals surface area contributed by atoms with Crippen molar-refractivity contribution in [3.63, 3.8) is 0 Å². The predicted molar refractivity (Wildman–Crippen MR) is 39.8 cm³/mol. The topological polar surface area (TPSA) is 17.1 Å². The maximum atomic E-state index is 10.1. The van der Waals surface area contributed by atoms with E-state index in [4.69, 9.17) is 0 Å². The SMILES string of the molecule is O=CC1(S)CC(S)C1. The van der Waals surface area contributed by atoms with E-state index in [0.717, 1.165) is 19.1 Å². The third-order valence-corrected chi connectivity index (χ3v) is 2.23. The van der Waals surface area contributed by atoms with Crippen molar-refractivity contribution in [2.45, 2.75) is 22.8 Å². The quantitative estimate of drug-likeness (QED) is 0.418. The van der Waals surface area contributed by atoms with Crippen LogP contribution in [0.25, 0.3) is 0 Å². The Morgan fingerprint density at radius 2 is 2.12 bits per heavy atom. The summed E-state index contributed by atoms with van der Waals surface area (Å²) in [5.41, 5.74) is 0. The van der Waals surface area contributed by atoms with Crippen molar-refractivity contribution in [3.05, 3.63) is 0 Å². The summed E-state index contributed by atoms with van der Waals surface area (Å²) in [4.78, 5) is 10.1. The van der Waals surface area contributed by atoms with Crippen LogP contribution in [0.15, 0.2) is 0 Å². The van der Waals surface area contributed by atoms with Gasteiger partial charge in [0.2, 0.25) is 0 Å². The van der Waals surface area contributed by atoms with E-state index in [0.29, 0.717) is 5.25 Å². The molecule has 0 aromatic carbocycles. The maximum absolute atomic E-state index is 10.1. The Labute approximate surface area is 59.7 Å². The number of aldehydes is 1. The van der Waals surface area contributed by atoms with Crippen LogP contribution in [0.5, 0.6) is 0 Å². The van der Waals surface area contributed by atoms with Crippen LogP contribution in [0.4, 0.5) is 0 Å². The lowest BCUT2D eigenvalue weighted by molar-refractivity contribution is -0.111. The van der Waals surface area contributed by atoms with E-state index in [1.165, 1.54) is 0 Å². The van der Waals surface area contributed by atoms with Crippen molar-refractivity contribution >= 4 is 31.5 Å². The molecular weight excluding hydrogens is 140 g/mol. The largest absolute Gasteiger partial charge is 0.302 e. The van der Waals surface area contributed by atoms with E-state index < -0.39 is 0 Å². The first-order chi connectivity index (χ1) is 3.66. The molecule has 0 N–H and O–H groups in total. The molecule has 0 atom stereocenters. The van der Waals surface area contributed by atoms with Crippen molar-refractivity contribution in [1.29, 1.82) is 0 Å². The molecule has 0 radical (unpaired) electrons. The monoisotopic (exact) mass is 148 g/mol. The molecule has 0 unspecified atom stereocenters. The zero-order valence-electron chi connectivity index (χ0n) is 4.37. The first kappa shape index (κ1) is 6.49. The van der Waals surface area contributed by atoms with E-state index in [1.54, 1.807) is 0 Å². The normalized spacial score (nSPS) is 45.5. The van der Waals surface area contributed by atoms with Crippen LogP contribution in [0, 0.1) is 0 Å². The first-order valence-electron chi connectivity index (χ1n) is 2.53. The molecule has 0 saturated heterocycles. The van der Waals surface area contributed by atoms with E-state index in [2.05, 4.69) is 25.3 Å². The standard InChI is InChI=1S/C5H8OS2/c6-3-5(8)1-4(7)2-5/h3-4,7-8H,1-2H2. The highest BCUT2D eigenvalue weighted by atomic mass is 32.1. The van der Waals surface area contributed by atoms with Gasteiger partial charge in [-0.25, -0.2) is 0 Å². The number of carbonyl (C=O) groups is 1. The molecule has 0 aliphatic heterocycles. The lowest BCUT2D eigenvalue weighted by Gasteiger charge is -2.36. The summed E-state index contributed by atoms with van der Waals surface area (Å²) in [6, 6.07) is 0. The fourth-order valence-corrected chi connectivity index (χ4v) is 2.23. The van der Waals surface area contributed by atoms with E-state index >= 15 is 0 Å². The van der Waals surface area contributed by atoms with Gasteiger partial charge in [-0.3, -0.25) is 0 Å². The average Bonchev–Trinajstić information content (AvgIpc) is 1.63. The third-order valence-electron chi connectivity index (χ3n) is 1.40. The second-order valence-electron chi connectivity index (χ2n) is 2.28. The fraction of sp³-hybridized carbons (Fsp3) is 0.800. The molecule has 1 saturated carbocycles. The summed E-state index contributed by atoms with van der Waals surface area (Å²) in [5.74, 6) is 0. The number of hydrogen-bond donors (Lipinski definition) is 2. The van der Waals surface area contributed by atoms with Gasteiger partial charge in [-0.2, -0.15) is 25.3 Å². The molecular formula is C5H8OS2. The van der Waals surface area contributed by atoms with E-state index in [-0.39, 0.29) is 4.75 Å². The van der Waals surface area contributed by atoms with Crippen LogP contribution in [0.2, 0.25) is 0 Å². The maximum Gasteiger partial charge on any atom is 0.135 e. The zero-order chi connectivity index (χ0) is 6.20. The molecule has 46 valence electrons. The van der Waals surface area contributed by atoms with Gasteiger partial charge in [0.25, 0.3) is 0 Å². The highest BCUT2D eigenvalue weighted by Crippen LogP contribution is 2.39. The summed E-state index contributed by atoms with van der Waals surface area (Å²) < 4.78 is -0.327. The number of hydrogen-bond acceptors (Lipinski definition) is 3. The average molecular weight is 148 g/mol. The summed E-state index contributed by atoms with van der Waals surface area (Å²) in [7, 11) is 0. The molecule has 1 aliphatic rings. The number of carbonyl (C=O) groups excluding carboxylic acids is 1. The van der Waals surface area contributed by atoms with E-state index in [9.17, 15) is 4.79 Å². The van der Waals surface area contributed by atoms with Crippen molar-refractivity contribution in [2.75, 3.05) is 0 Å². The van der Waals surface area contributed by atoms with Gasteiger partial charge in [0.05, 0.1) is 4.75 Å². The second kappa shape index (κ2) is 1.95. The summed E-state index contributed by atoms with van der Waals surface area (Å²) in [6.45, 7) is 0. The Morgan fingerprint density at radius 3 is 2.25 bits per heavy atom. The van der Waals surface area contributed by atoms with Crippen LogP contribution in [0.3, 0.4) is 0 Å². The van der Waals surface area contributed by atoms with Gasteiger partial charge in [-0.05, 0) is 12.8 Å². The highest BCUT2D eigenvalue weighted by molar-refractivity contribution is 7.84. The minimum Gasteiger partial charge on any atom is -0.302 e. The fourth-order valence-electron chi connectivity index (χ4n) is 0.852. The van der Waals surface area contributed by atoms with Crippen LogP contribution in [-0.4, -0.2) is 16.3 Å². The van der Waals surface area contributed by atoms with Crippen molar-refractivity contribution < 1.29 is 4.79 Å². The molecule has 0 amide bonds. The summed E-state index contributed by atoms with van der Waals surface area (Å²) in [5, 5.41) is 0.401. The molecule has 1 fully saturated rings. The predicted octanol–water partition coefficient (Wildman–Crippen LogP) is 0.946. The molecule has 1 nitrogen and oxygen atoms in total. The Hall–Kier alpha value is 0.370. The van der Waals surface area contributed by atoms with Gasteiger partial charge < -0.3 is 4.79 Å². The van der Waals surface area contributed by atoms with E-state index in [1.807, 2.05) is 0 Å².